The Hall–Kier alpha value is -3.52. The van der Waals surface area contributed by atoms with E-state index in [1.165, 1.54) is 18.2 Å². The maximum atomic E-state index is 13.9. The van der Waals surface area contributed by atoms with Crippen molar-refractivity contribution in [3.63, 3.8) is 0 Å². The molecular weight excluding hydrogens is 453 g/mol. The largest absolute Gasteiger partial charge is 0.487 e. The highest BCUT2D eigenvalue weighted by atomic mass is 32.1. The number of aromatic nitrogens is 1. The average molecular weight is 480 g/mol. The highest BCUT2D eigenvalue weighted by molar-refractivity contribution is 7.09. The van der Waals surface area contributed by atoms with E-state index >= 15 is 0 Å². The predicted molar refractivity (Wildman–Crippen MR) is 130 cm³/mol. The topological polar surface area (TPSA) is 71.5 Å². The Labute approximate surface area is 202 Å². The molecule has 2 aromatic carbocycles. The molecule has 1 saturated heterocycles. The minimum Gasteiger partial charge on any atom is -0.487 e. The van der Waals surface area contributed by atoms with Gasteiger partial charge < -0.3 is 15.0 Å². The summed E-state index contributed by atoms with van der Waals surface area (Å²) in [5, 5.41) is 5.98. The van der Waals surface area contributed by atoms with Gasteiger partial charge in [-0.05, 0) is 55.7 Å². The smallest absolute Gasteiger partial charge is 0.256 e. The van der Waals surface area contributed by atoms with Crippen molar-refractivity contribution in [1.29, 1.82) is 0 Å². The summed E-state index contributed by atoms with van der Waals surface area (Å²) in [6.07, 6.45) is 4.51. The number of benzene rings is 2. The monoisotopic (exact) mass is 479 g/mol. The molecule has 0 aliphatic carbocycles. The Morgan fingerprint density at radius 3 is 2.59 bits per heavy atom. The van der Waals surface area contributed by atoms with E-state index in [1.54, 1.807) is 34.4 Å². The zero-order valence-corrected chi connectivity index (χ0v) is 19.7. The lowest BCUT2D eigenvalue weighted by atomic mass is 10.0. The summed E-state index contributed by atoms with van der Waals surface area (Å²) in [5.74, 6) is -0.263. The first-order valence-electron chi connectivity index (χ1n) is 11.1. The molecule has 2 amide bonds. The summed E-state index contributed by atoms with van der Waals surface area (Å²) in [7, 11) is 0. The van der Waals surface area contributed by atoms with Crippen molar-refractivity contribution in [1.82, 2.24) is 15.2 Å². The maximum Gasteiger partial charge on any atom is 0.256 e. The zero-order valence-electron chi connectivity index (χ0n) is 18.9. The molecule has 176 valence electrons. The first-order valence-corrected chi connectivity index (χ1v) is 12.0. The third-order valence-electron chi connectivity index (χ3n) is 5.59. The van der Waals surface area contributed by atoms with E-state index in [-0.39, 0.29) is 23.4 Å². The van der Waals surface area contributed by atoms with Crippen LogP contribution in [0, 0.1) is 12.7 Å². The van der Waals surface area contributed by atoms with E-state index in [1.807, 2.05) is 36.6 Å². The second-order valence-electron chi connectivity index (χ2n) is 8.10. The van der Waals surface area contributed by atoms with Gasteiger partial charge in [0.1, 0.15) is 18.2 Å². The Balaban J connectivity index is 1.21. The van der Waals surface area contributed by atoms with Gasteiger partial charge in [-0.15, -0.1) is 11.3 Å². The molecule has 0 saturated carbocycles. The Bertz CT molecular complexity index is 1170. The van der Waals surface area contributed by atoms with E-state index in [0.29, 0.717) is 32.5 Å². The number of likely N-dealkylation sites (tertiary alicyclic amines) is 1. The molecular formula is C26H26FN3O3S. The number of hydrogen-bond donors (Lipinski definition) is 1. The number of carbonyl (C=O) groups is 2. The molecule has 8 heteroatoms. The van der Waals surface area contributed by atoms with E-state index in [0.717, 1.165) is 22.0 Å². The summed E-state index contributed by atoms with van der Waals surface area (Å²) in [6.45, 7) is 3.34. The van der Waals surface area contributed by atoms with Crippen LogP contribution in [0.25, 0.3) is 6.08 Å². The number of halogens is 1. The van der Waals surface area contributed by atoms with E-state index in [4.69, 9.17) is 4.74 Å². The highest BCUT2D eigenvalue weighted by Crippen LogP contribution is 2.18. The third kappa shape index (κ3) is 6.29. The van der Waals surface area contributed by atoms with Crippen LogP contribution in [0.5, 0.6) is 5.75 Å². The Morgan fingerprint density at radius 1 is 1.18 bits per heavy atom. The number of carbonyl (C=O) groups excluding carboxylic acids is 2. The SMILES string of the molecule is Cc1nc(COc2ccc(/C=C/C(=O)NC3CCN(C(=O)c4ccccc4F)CC3)cc2)cs1. The number of hydrogen-bond acceptors (Lipinski definition) is 5. The molecule has 0 atom stereocenters. The van der Waals surface area contributed by atoms with Gasteiger partial charge in [-0.1, -0.05) is 24.3 Å². The number of ether oxygens (including phenoxy) is 1. The molecule has 1 N–H and O–H groups in total. The lowest BCUT2D eigenvalue weighted by Crippen LogP contribution is -2.46. The van der Waals surface area contributed by atoms with Crippen LogP contribution in [0.3, 0.4) is 0 Å². The van der Waals surface area contributed by atoms with Gasteiger partial charge in [-0.2, -0.15) is 0 Å². The quantitative estimate of drug-likeness (QED) is 0.503. The minimum absolute atomic E-state index is 0.0213. The average Bonchev–Trinajstić information content (AvgIpc) is 3.27. The van der Waals surface area contributed by atoms with Crippen molar-refractivity contribution in [3.05, 3.63) is 87.6 Å². The molecule has 6 nitrogen and oxygen atoms in total. The number of piperidine rings is 1. The molecule has 0 unspecified atom stereocenters. The van der Waals surface area contributed by atoms with Crippen LogP contribution in [-0.4, -0.2) is 40.8 Å². The maximum absolute atomic E-state index is 13.9. The molecule has 1 aliphatic rings. The van der Waals surface area contributed by atoms with Crippen LogP contribution in [0.2, 0.25) is 0 Å². The number of amides is 2. The zero-order chi connectivity index (χ0) is 23.9. The fraction of sp³-hybridized carbons (Fsp3) is 0.269. The number of aryl methyl sites for hydroxylation is 1. The molecule has 0 spiro atoms. The molecule has 1 aliphatic heterocycles. The van der Waals surface area contributed by atoms with E-state index in [9.17, 15) is 14.0 Å². The van der Waals surface area contributed by atoms with Gasteiger partial charge in [-0.25, -0.2) is 9.37 Å². The first-order chi connectivity index (χ1) is 16.5. The van der Waals surface area contributed by atoms with Crippen molar-refractivity contribution in [3.8, 4) is 5.75 Å². The molecule has 34 heavy (non-hydrogen) atoms. The van der Waals surface area contributed by atoms with Crippen molar-refractivity contribution in [2.75, 3.05) is 13.1 Å². The van der Waals surface area contributed by atoms with Crippen molar-refractivity contribution in [2.45, 2.75) is 32.4 Å². The Kier molecular flexibility index (Phi) is 7.69. The van der Waals surface area contributed by atoms with Gasteiger partial charge in [-0.3, -0.25) is 9.59 Å². The van der Waals surface area contributed by atoms with Crippen molar-refractivity contribution < 1.29 is 18.7 Å². The molecule has 0 radical (unpaired) electrons. The molecule has 1 fully saturated rings. The van der Waals surface area contributed by atoms with Gasteiger partial charge in [0.15, 0.2) is 0 Å². The van der Waals surface area contributed by atoms with Crippen LogP contribution in [-0.2, 0) is 11.4 Å². The summed E-state index contributed by atoms with van der Waals surface area (Å²) in [6, 6.07) is 13.5. The molecule has 3 aromatic rings. The van der Waals surface area contributed by atoms with Gasteiger partial charge in [0.05, 0.1) is 16.3 Å². The fourth-order valence-electron chi connectivity index (χ4n) is 3.76. The highest BCUT2D eigenvalue weighted by Gasteiger charge is 2.25. The first kappa shape index (κ1) is 23.6. The lowest BCUT2D eigenvalue weighted by Gasteiger charge is -2.32. The van der Waals surface area contributed by atoms with Crippen molar-refractivity contribution >= 4 is 29.2 Å². The fourth-order valence-corrected chi connectivity index (χ4v) is 4.36. The lowest BCUT2D eigenvalue weighted by molar-refractivity contribution is -0.117. The third-order valence-corrected chi connectivity index (χ3v) is 6.42. The van der Waals surface area contributed by atoms with Crippen molar-refractivity contribution in [2.24, 2.45) is 0 Å². The van der Waals surface area contributed by atoms with Gasteiger partial charge in [0.25, 0.3) is 5.91 Å². The number of nitrogens with zero attached hydrogens (tertiary/aromatic N) is 2. The van der Waals surface area contributed by atoms with E-state index < -0.39 is 5.82 Å². The van der Waals surface area contributed by atoms with Gasteiger partial charge >= 0.3 is 0 Å². The summed E-state index contributed by atoms with van der Waals surface area (Å²) < 4.78 is 19.6. The van der Waals surface area contributed by atoms with Gasteiger partial charge in [0.2, 0.25) is 5.91 Å². The normalized spacial score (nSPS) is 14.4. The van der Waals surface area contributed by atoms with Crippen LogP contribution in [0.15, 0.2) is 60.0 Å². The van der Waals surface area contributed by atoms with E-state index in [2.05, 4.69) is 10.3 Å². The van der Waals surface area contributed by atoms with Gasteiger partial charge in [0, 0.05) is 30.6 Å². The molecule has 2 heterocycles. The summed E-state index contributed by atoms with van der Waals surface area (Å²) >= 11 is 1.60. The van der Waals surface area contributed by atoms with Crippen LogP contribution >= 0.6 is 11.3 Å². The molecule has 4 rings (SSSR count). The van der Waals surface area contributed by atoms with Crippen LogP contribution < -0.4 is 10.1 Å². The number of nitrogens with one attached hydrogen (secondary N) is 1. The standard InChI is InChI=1S/C26H26FN3O3S/c1-18-28-21(17-34-18)16-33-22-9-6-19(7-10-22)8-11-25(31)29-20-12-14-30(15-13-20)26(32)23-4-2-3-5-24(23)27/h2-11,17,20H,12-16H2,1H3,(H,29,31)/b11-8+. The summed E-state index contributed by atoms with van der Waals surface area (Å²) in [5.41, 5.74) is 1.88. The molecule has 0 bridgehead atoms. The summed E-state index contributed by atoms with van der Waals surface area (Å²) in [4.78, 5) is 30.9. The number of thiazole rings is 1. The minimum atomic E-state index is -0.512. The Morgan fingerprint density at radius 2 is 1.91 bits per heavy atom. The second-order valence-corrected chi connectivity index (χ2v) is 9.17. The second kappa shape index (κ2) is 11.1. The number of rotatable bonds is 7. The van der Waals surface area contributed by atoms with Crippen LogP contribution in [0.4, 0.5) is 4.39 Å². The van der Waals surface area contributed by atoms with Crippen LogP contribution in [0.1, 0.15) is 39.5 Å². The molecule has 1 aromatic heterocycles. The predicted octanol–water partition coefficient (Wildman–Crippen LogP) is 4.60.